The molecular formula is C26H29N3O2. The lowest BCUT2D eigenvalue weighted by Gasteiger charge is -2.39. The summed E-state index contributed by atoms with van der Waals surface area (Å²) in [6, 6.07) is 24.7. The Hall–Kier alpha value is -3.47. The minimum absolute atomic E-state index is 0.0234. The number of nitrogens with one attached hydrogen (secondary N) is 1. The van der Waals surface area contributed by atoms with E-state index in [1.165, 1.54) is 0 Å². The van der Waals surface area contributed by atoms with Gasteiger partial charge in [0, 0.05) is 43.9 Å². The van der Waals surface area contributed by atoms with Gasteiger partial charge >= 0.3 is 0 Å². The highest BCUT2D eigenvalue weighted by Crippen LogP contribution is 2.38. The van der Waals surface area contributed by atoms with Crippen molar-refractivity contribution in [3.05, 3.63) is 72.8 Å². The number of hydrogen-bond donors (Lipinski definition) is 1. The largest absolute Gasteiger partial charge is 0.495 e. The van der Waals surface area contributed by atoms with E-state index < -0.39 is 0 Å². The number of methoxy groups -OCH3 is 1. The Bertz CT molecular complexity index is 1030. The maximum absolute atomic E-state index is 12.2. The molecule has 0 aromatic heterocycles. The molecule has 1 fully saturated rings. The van der Waals surface area contributed by atoms with Crippen molar-refractivity contribution in [3.63, 3.8) is 0 Å². The van der Waals surface area contributed by atoms with Crippen LogP contribution < -0.4 is 19.9 Å². The van der Waals surface area contributed by atoms with Crippen molar-refractivity contribution in [1.29, 1.82) is 0 Å². The summed E-state index contributed by atoms with van der Waals surface area (Å²) in [6.07, 6.45) is 0.454. The highest BCUT2D eigenvalue weighted by molar-refractivity contribution is 5.99. The fourth-order valence-electron chi connectivity index (χ4n) is 4.13. The van der Waals surface area contributed by atoms with E-state index in [0.717, 1.165) is 60.1 Å². The van der Waals surface area contributed by atoms with Crippen LogP contribution in [0.15, 0.2) is 72.8 Å². The van der Waals surface area contributed by atoms with Gasteiger partial charge in [-0.25, -0.2) is 0 Å². The molecule has 1 aliphatic heterocycles. The van der Waals surface area contributed by atoms with Crippen LogP contribution in [0.3, 0.4) is 0 Å². The van der Waals surface area contributed by atoms with Crippen molar-refractivity contribution in [2.75, 3.05) is 48.4 Å². The van der Waals surface area contributed by atoms with Crippen LogP contribution in [0.1, 0.15) is 13.3 Å². The van der Waals surface area contributed by atoms with Gasteiger partial charge in [0.25, 0.3) is 0 Å². The topological polar surface area (TPSA) is 44.8 Å². The molecule has 0 atom stereocenters. The van der Waals surface area contributed by atoms with Gasteiger partial charge in [-0.3, -0.25) is 4.79 Å². The maximum Gasteiger partial charge on any atom is 0.224 e. The molecule has 1 saturated heterocycles. The number of hydrogen-bond acceptors (Lipinski definition) is 4. The minimum Gasteiger partial charge on any atom is -0.495 e. The van der Waals surface area contributed by atoms with Crippen LogP contribution in [0.4, 0.5) is 17.1 Å². The van der Waals surface area contributed by atoms with Crippen LogP contribution >= 0.6 is 0 Å². The summed E-state index contributed by atoms with van der Waals surface area (Å²) >= 11 is 0. The molecule has 160 valence electrons. The highest BCUT2D eigenvalue weighted by Gasteiger charge is 2.23. The van der Waals surface area contributed by atoms with Crippen molar-refractivity contribution < 1.29 is 9.53 Å². The molecule has 0 bridgehead atoms. The summed E-state index contributed by atoms with van der Waals surface area (Å²) < 4.78 is 5.55. The zero-order valence-corrected chi connectivity index (χ0v) is 18.2. The Kier molecular flexibility index (Phi) is 6.41. The number of para-hydroxylation sites is 2. The number of carbonyl (C=O) groups excluding carboxylic acids is 1. The molecule has 31 heavy (non-hydrogen) atoms. The first-order valence-electron chi connectivity index (χ1n) is 10.8. The molecule has 0 unspecified atom stereocenters. The van der Waals surface area contributed by atoms with E-state index in [0.29, 0.717) is 6.42 Å². The average molecular weight is 416 g/mol. The summed E-state index contributed by atoms with van der Waals surface area (Å²) in [6.45, 7) is 5.46. The van der Waals surface area contributed by atoms with E-state index in [2.05, 4.69) is 45.4 Å². The Morgan fingerprint density at radius 2 is 1.45 bits per heavy atom. The maximum atomic E-state index is 12.2. The van der Waals surface area contributed by atoms with E-state index in [1.807, 2.05) is 49.4 Å². The lowest BCUT2D eigenvalue weighted by molar-refractivity contribution is -0.115. The monoisotopic (exact) mass is 415 g/mol. The van der Waals surface area contributed by atoms with Crippen LogP contribution in [0.2, 0.25) is 0 Å². The van der Waals surface area contributed by atoms with Gasteiger partial charge in [-0.05, 0) is 29.8 Å². The molecule has 4 rings (SSSR count). The van der Waals surface area contributed by atoms with Crippen LogP contribution in [0.5, 0.6) is 5.75 Å². The second-order valence-electron chi connectivity index (χ2n) is 7.61. The number of nitrogens with zero attached hydrogens (tertiary/aromatic N) is 2. The molecule has 5 heteroatoms. The van der Waals surface area contributed by atoms with Crippen LogP contribution in [0, 0.1) is 0 Å². The Morgan fingerprint density at radius 1 is 0.839 bits per heavy atom. The number of carbonyl (C=O) groups is 1. The van der Waals surface area contributed by atoms with Crippen molar-refractivity contribution in [3.8, 4) is 16.9 Å². The Morgan fingerprint density at radius 3 is 2.13 bits per heavy atom. The zero-order valence-electron chi connectivity index (χ0n) is 18.2. The molecule has 1 N–H and O–H groups in total. The fraction of sp³-hybridized carbons (Fsp3) is 0.269. The van der Waals surface area contributed by atoms with E-state index >= 15 is 0 Å². The minimum atomic E-state index is 0.0234. The number of rotatable bonds is 6. The first-order valence-corrected chi connectivity index (χ1v) is 10.8. The van der Waals surface area contributed by atoms with E-state index in [1.54, 1.807) is 7.11 Å². The SMILES string of the molecule is CCC(=O)Nc1cccc(N2CCN(c3ccccc3OC)CC2)c1-c1ccccc1. The molecule has 3 aromatic carbocycles. The first kappa shape index (κ1) is 20.8. The summed E-state index contributed by atoms with van der Waals surface area (Å²) in [5.74, 6) is 0.931. The number of anilines is 3. The van der Waals surface area contributed by atoms with Gasteiger partial charge in [-0.2, -0.15) is 0 Å². The summed E-state index contributed by atoms with van der Waals surface area (Å²) in [5.41, 5.74) is 5.34. The molecule has 1 amide bonds. The van der Waals surface area contributed by atoms with Gasteiger partial charge in [-0.1, -0.05) is 55.5 Å². The van der Waals surface area contributed by atoms with Gasteiger partial charge in [0.15, 0.2) is 0 Å². The lowest BCUT2D eigenvalue weighted by atomic mass is 9.99. The van der Waals surface area contributed by atoms with E-state index in [9.17, 15) is 4.79 Å². The molecule has 0 saturated carbocycles. The predicted octanol–water partition coefficient (Wildman–Crippen LogP) is 5.04. The van der Waals surface area contributed by atoms with Crippen LogP contribution in [0.25, 0.3) is 11.1 Å². The number of amides is 1. The second-order valence-corrected chi connectivity index (χ2v) is 7.61. The van der Waals surface area contributed by atoms with Crippen LogP contribution in [-0.4, -0.2) is 39.2 Å². The van der Waals surface area contributed by atoms with Gasteiger partial charge in [0.1, 0.15) is 5.75 Å². The number of ether oxygens (including phenoxy) is 1. The van der Waals surface area contributed by atoms with E-state index in [4.69, 9.17) is 4.74 Å². The van der Waals surface area contributed by atoms with Crippen molar-refractivity contribution in [1.82, 2.24) is 0 Å². The first-order chi connectivity index (χ1) is 15.2. The summed E-state index contributed by atoms with van der Waals surface area (Å²) in [7, 11) is 1.72. The number of piperazine rings is 1. The molecular weight excluding hydrogens is 386 g/mol. The second kappa shape index (κ2) is 9.56. The van der Waals surface area contributed by atoms with Gasteiger partial charge in [0.05, 0.1) is 18.5 Å². The summed E-state index contributed by atoms with van der Waals surface area (Å²) in [4.78, 5) is 17.0. The fourth-order valence-corrected chi connectivity index (χ4v) is 4.13. The normalized spacial score (nSPS) is 13.7. The zero-order chi connectivity index (χ0) is 21.6. The van der Waals surface area contributed by atoms with Crippen LogP contribution in [-0.2, 0) is 4.79 Å². The lowest BCUT2D eigenvalue weighted by Crippen LogP contribution is -2.46. The van der Waals surface area contributed by atoms with Crippen molar-refractivity contribution in [2.45, 2.75) is 13.3 Å². The molecule has 3 aromatic rings. The molecule has 1 aliphatic rings. The molecule has 0 aliphatic carbocycles. The average Bonchev–Trinajstić information content (AvgIpc) is 2.84. The van der Waals surface area contributed by atoms with Crippen molar-refractivity contribution in [2.24, 2.45) is 0 Å². The predicted molar refractivity (Wildman–Crippen MR) is 128 cm³/mol. The molecule has 1 heterocycles. The third kappa shape index (κ3) is 4.50. The molecule has 0 radical (unpaired) electrons. The van der Waals surface area contributed by atoms with Crippen molar-refractivity contribution >= 4 is 23.0 Å². The third-order valence-electron chi connectivity index (χ3n) is 5.75. The third-order valence-corrected chi connectivity index (χ3v) is 5.75. The number of benzene rings is 3. The molecule has 5 nitrogen and oxygen atoms in total. The Labute approximate surface area is 184 Å². The highest BCUT2D eigenvalue weighted by atomic mass is 16.5. The summed E-state index contributed by atoms with van der Waals surface area (Å²) in [5, 5.41) is 3.10. The standard InChI is InChI=1S/C26H29N3O2/c1-3-25(30)27-21-12-9-14-23(26(21)20-10-5-4-6-11-20)29-18-16-28(17-19-29)22-13-7-8-15-24(22)31-2/h4-15H,3,16-19H2,1-2H3,(H,27,30). The van der Waals surface area contributed by atoms with Gasteiger partial charge in [0.2, 0.25) is 5.91 Å². The quantitative estimate of drug-likeness (QED) is 0.613. The Balaban J connectivity index is 1.63. The van der Waals surface area contributed by atoms with Gasteiger partial charge in [-0.15, -0.1) is 0 Å². The molecule has 0 spiro atoms. The smallest absolute Gasteiger partial charge is 0.224 e. The van der Waals surface area contributed by atoms with E-state index in [-0.39, 0.29) is 5.91 Å². The van der Waals surface area contributed by atoms with Gasteiger partial charge < -0.3 is 19.9 Å².